The molecule has 2 aromatic heterocycles. The Hall–Kier alpha value is -2.79. The monoisotopic (exact) mass is 373 g/mol. The van der Waals surface area contributed by atoms with E-state index in [0.717, 1.165) is 36.6 Å². The van der Waals surface area contributed by atoms with Crippen molar-refractivity contribution in [2.45, 2.75) is 25.8 Å². The van der Waals surface area contributed by atoms with Crippen LogP contribution in [0.15, 0.2) is 54.6 Å². The number of likely N-dealkylation sites (tertiary alicyclic amines) is 1. The summed E-state index contributed by atoms with van der Waals surface area (Å²) in [5, 5.41) is 4.81. The van der Waals surface area contributed by atoms with E-state index in [4.69, 9.17) is 0 Å². The average molecular weight is 374 g/mol. The van der Waals surface area contributed by atoms with E-state index in [-0.39, 0.29) is 0 Å². The fourth-order valence-corrected chi connectivity index (χ4v) is 4.34. The molecule has 1 fully saturated rings. The Morgan fingerprint density at radius 2 is 1.79 bits per heavy atom. The fourth-order valence-electron chi connectivity index (χ4n) is 4.34. The van der Waals surface area contributed by atoms with Crippen molar-refractivity contribution in [3.05, 3.63) is 60.3 Å². The van der Waals surface area contributed by atoms with Crippen molar-refractivity contribution in [2.24, 2.45) is 5.92 Å². The van der Waals surface area contributed by atoms with Gasteiger partial charge in [-0.2, -0.15) is 0 Å². The number of anilines is 1. The van der Waals surface area contributed by atoms with Crippen molar-refractivity contribution in [2.75, 3.05) is 25.0 Å². The van der Waals surface area contributed by atoms with Gasteiger partial charge >= 0.3 is 0 Å². The number of aromatic amines is 2. The highest BCUT2D eigenvalue weighted by molar-refractivity contribution is 5.80. The van der Waals surface area contributed by atoms with E-state index in [9.17, 15) is 0 Å². The number of hydrogen-bond donors (Lipinski definition) is 3. The largest absolute Gasteiger partial charge is 0.357 e. The average Bonchev–Trinajstić information content (AvgIpc) is 3.35. The molecule has 1 unspecified atom stereocenters. The van der Waals surface area contributed by atoms with Gasteiger partial charge in [0.2, 0.25) is 5.95 Å². The first-order valence-electron chi connectivity index (χ1n) is 10.3. The van der Waals surface area contributed by atoms with Gasteiger partial charge in [-0.1, -0.05) is 30.3 Å². The van der Waals surface area contributed by atoms with E-state index in [2.05, 4.69) is 68.5 Å². The lowest BCUT2D eigenvalue weighted by molar-refractivity contribution is 0.143. The molecule has 28 heavy (non-hydrogen) atoms. The molecule has 4 aromatic rings. The van der Waals surface area contributed by atoms with E-state index in [1.807, 2.05) is 18.2 Å². The molecule has 0 saturated carbocycles. The number of piperidine rings is 1. The van der Waals surface area contributed by atoms with Gasteiger partial charge in [0, 0.05) is 23.8 Å². The van der Waals surface area contributed by atoms with Crippen LogP contribution in [-0.2, 0) is 0 Å². The summed E-state index contributed by atoms with van der Waals surface area (Å²) >= 11 is 0. The minimum atomic E-state index is 0.427. The second-order valence-corrected chi connectivity index (χ2v) is 7.95. The molecule has 0 aliphatic carbocycles. The molecule has 3 heterocycles. The SMILES string of the molecule is CC(c1cc2ccccc2[nH]1)N1CCC(CNc2nc3ccccc3[nH]2)CC1. The number of nitrogens with one attached hydrogen (secondary N) is 3. The first-order chi connectivity index (χ1) is 13.8. The fraction of sp³-hybridized carbons (Fsp3) is 0.348. The Kier molecular flexibility index (Phi) is 4.53. The Balaban J connectivity index is 1.16. The van der Waals surface area contributed by atoms with Gasteiger partial charge in [0.1, 0.15) is 0 Å². The zero-order valence-corrected chi connectivity index (χ0v) is 16.3. The van der Waals surface area contributed by atoms with Crippen molar-refractivity contribution in [3.8, 4) is 0 Å². The minimum Gasteiger partial charge on any atom is -0.357 e. The van der Waals surface area contributed by atoms with Crippen LogP contribution in [0.4, 0.5) is 5.95 Å². The molecule has 1 aliphatic rings. The van der Waals surface area contributed by atoms with Gasteiger partial charge in [-0.3, -0.25) is 4.90 Å². The lowest BCUT2D eigenvalue weighted by Gasteiger charge is -2.35. The first-order valence-corrected chi connectivity index (χ1v) is 10.3. The maximum Gasteiger partial charge on any atom is 0.201 e. The predicted octanol–water partition coefficient (Wildman–Crippen LogP) is 4.93. The first kappa shape index (κ1) is 17.3. The summed E-state index contributed by atoms with van der Waals surface area (Å²) in [6.07, 6.45) is 2.44. The van der Waals surface area contributed by atoms with Gasteiger partial charge < -0.3 is 15.3 Å². The summed E-state index contributed by atoms with van der Waals surface area (Å²) in [6, 6.07) is 19.4. The lowest BCUT2D eigenvalue weighted by atomic mass is 9.95. The number of hydrogen-bond acceptors (Lipinski definition) is 3. The van der Waals surface area contributed by atoms with Crippen molar-refractivity contribution in [1.29, 1.82) is 0 Å². The molecule has 5 heteroatoms. The normalized spacial score (nSPS) is 17.3. The predicted molar refractivity (Wildman–Crippen MR) is 116 cm³/mol. The highest BCUT2D eigenvalue weighted by Gasteiger charge is 2.24. The molecule has 3 N–H and O–H groups in total. The molecule has 1 aliphatic heterocycles. The number of imidazole rings is 1. The third kappa shape index (κ3) is 3.38. The van der Waals surface area contributed by atoms with Crippen molar-refractivity contribution < 1.29 is 0 Å². The molecular weight excluding hydrogens is 346 g/mol. The van der Waals surface area contributed by atoms with Crippen LogP contribution in [0.1, 0.15) is 31.5 Å². The molecule has 0 amide bonds. The molecule has 0 bridgehead atoms. The summed E-state index contributed by atoms with van der Waals surface area (Å²) < 4.78 is 0. The second-order valence-electron chi connectivity index (χ2n) is 7.95. The molecular formula is C23H27N5. The summed E-state index contributed by atoms with van der Waals surface area (Å²) in [6.45, 7) is 5.58. The van der Waals surface area contributed by atoms with Crippen LogP contribution >= 0.6 is 0 Å². The van der Waals surface area contributed by atoms with E-state index in [1.165, 1.54) is 29.4 Å². The number of nitrogens with zero attached hydrogens (tertiary/aromatic N) is 2. The lowest BCUT2D eigenvalue weighted by Crippen LogP contribution is -2.37. The third-order valence-electron chi connectivity index (χ3n) is 6.15. The minimum absolute atomic E-state index is 0.427. The number of aromatic nitrogens is 3. The maximum atomic E-state index is 4.62. The van der Waals surface area contributed by atoms with Crippen LogP contribution < -0.4 is 5.32 Å². The quantitative estimate of drug-likeness (QED) is 0.465. The molecule has 0 spiro atoms. The standard InChI is InChI=1S/C23H27N5/c1-16(22-14-18-6-2-3-7-19(18)25-22)28-12-10-17(11-13-28)15-24-23-26-20-8-4-5-9-21(20)27-23/h2-9,14,16-17,25H,10-13,15H2,1H3,(H2,24,26,27). The molecule has 0 radical (unpaired) electrons. The van der Waals surface area contributed by atoms with Crippen molar-refractivity contribution in [1.82, 2.24) is 19.9 Å². The Bertz CT molecular complexity index is 1000. The summed E-state index contributed by atoms with van der Waals surface area (Å²) in [4.78, 5) is 14.2. The van der Waals surface area contributed by atoms with Crippen LogP contribution in [0, 0.1) is 5.92 Å². The summed E-state index contributed by atoms with van der Waals surface area (Å²) in [5.74, 6) is 1.58. The van der Waals surface area contributed by atoms with E-state index in [1.54, 1.807) is 0 Å². The van der Waals surface area contributed by atoms with Gasteiger partial charge in [0.15, 0.2) is 0 Å². The zero-order valence-electron chi connectivity index (χ0n) is 16.3. The molecule has 1 saturated heterocycles. The van der Waals surface area contributed by atoms with Crippen molar-refractivity contribution >= 4 is 27.9 Å². The van der Waals surface area contributed by atoms with E-state index < -0.39 is 0 Å². The van der Waals surface area contributed by atoms with E-state index >= 15 is 0 Å². The Labute approximate surface area is 165 Å². The highest BCUT2D eigenvalue weighted by atomic mass is 15.2. The van der Waals surface area contributed by atoms with E-state index in [0.29, 0.717) is 12.0 Å². The molecule has 5 nitrogen and oxygen atoms in total. The molecule has 2 aromatic carbocycles. The highest BCUT2D eigenvalue weighted by Crippen LogP contribution is 2.28. The smallest absolute Gasteiger partial charge is 0.201 e. The van der Waals surface area contributed by atoms with Gasteiger partial charge in [0.05, 0.1) is 11.0 Å². The van der Waals surface area contributed by atoms with Gasteiger partial charge in [-0.15, -0.1) is 0 Å². The Morgan fingerprint density at radius 1 is 1.04 bits per heavy atom. The zero-order chi connectivity index (χ0) is 18.9. The molecule has 1 atom stereocenters. The number of rotatable bonds is 5. The number of fused-ring (bicyclic) bond motifs is 2. The molecule has 144 valence electrons. The van der Waals surface area contributed by atoms with Crippen LogP contribution in [0.5, 0.6) is 0 Å². The van der Waals surface area contributed by atoms with Gasteiger partial charge in [0.25, 0.3) is 0 Å². The van der Waals surface area contributed by atoms with Crippen LogP contribution in [0.3, 0.4) is 0 Å². The summed E-state index contributed by atoms with van der Waals surface area (Å²) in [7, 11) is 0. The number of H-pyrrole nitrogens is 2. The van der Waals surface area contributed by atoms with Crippen LogP contribution in [0.2, 0.25) is 0 Å². The number of para-hydroxylation sites is 3. The van der Waals surface area contributed by atoms with Gasteiger partial charge in [-0.05, 0) is 68.4 Å². The molecule has 5 rings (SSSR count). The topological polar surface area (TPSA) is 59.7 Å². The van der Waals surface area contributed by atoms with Crippen LogP contribution in [0.25, 0.3) is 21.9 Å². The van der Waals surface area contributed by atoms with Crippen LogP contribution in [-0.4, -0.2) is 39.5 Å². The summed E-state index contributed by atoms with van der Waals surface area (Å²) in [5.41, 5.74) is 4.66. The Morgan fingerprint density at radius 3 is 2.57 bits per heavy atom. The third-order valence-corrected chi connectivity index (χ3v) is 6.15. The maximum absolute atomic E-state index is 4.62. The van der Waals surface area contributed by atoms with Crippen molar-refractivity contribution in [3.63, 3.8) is 0 Å². The van der Waals surface area contributed by atoms with Gasteiger partial charge in [-0.25, -0.2) is 4.98 Å². The number of benzene rings is 2. The second kappa shape index (κ2) is 7.32.